The molecule has 4 saturated carbocycles. The molecule has 27 heavy (non-hydrogen) atoms. The number of nitrogens with one attached hydrogen (secondary N) is 1. The van der Waals surface area contributed by atoms with E-state index in [0.29, 0.717) is 0 Å². The van der Waals surface area contributed by atoms with Crippen molar-refractivity contribution < 1.29 is 4.79 Å². The van der Waals surface area contributed by atoms with E-state index in [-0.39, 0.29) is 11.3 Å². The van der Waals surface area contributed by atoms with Crippen LogP contribution >= 0.6 is 0 Å². The van der Waals surface area contributed by atoms with Gasteiger partial charge in [-0.25, -0.2) is 5.43 Å². The van der Waals surface area contributed by atoms with Crippen molar-refractivity contribution in [2.75, 3.05) is 18.0 Å². The van der Waals surface area contributed by atoms with Gasteiger partial charge >= 0.3 is 0 Å². The third-order valence-corrected chi connectivity index (χ3v) is 7.24. The number of amides is 1. The van der Waals surface area contributed by atoms with Crippen LogP contribution in [0.5, 0.6) is 0 Å². The lowest BCUT2D eigenvalue weighted by Gasteiger charge is -2.46. The van der Waals surface area contributed by atoms with Crippen LogP contribution < -0.4 is 10.3 Å². The summed E-state index contributed by atoms with van der Waals surface area (Å²) < 4.78 is 0. The maximum Gasteiger partial charge on any atom is 0.246 e. The highest BCUT2D eigenvalue weighted by Gasteiger charge is 2.52. The Balaban J connectivity index is 1.39. The summed E-state index contributed by atoms with van der Waals surface area (Å²) in [5.41, 5.74) is 5.00. The Labute approximate surface area is 163 Å². The van der Waals surface area contributed by atoms with Gasteiger partial charge in [-0.05, 0) is 81.4 Å². The molecule has 4 nitrogen and oxygen atoms in total. The number of hydrogen-bond donors (Lipinski definition) is 1. The smallest absolute Gasteiger partial charge is 0.246 e. The van der Waals surface area contributed by atoms with Crippen molar-refractivity contribution in [1.82, 2.24) is 5.43 Å². The van der Waals surface area contributed by atoms with Gasteiger partial charge in [0.2, 0.25) is 5.91 Å². The van der Waals surface area contributed by atoms with Gasteiger partial charge < -0.3 is 4.90 Å². The van der Waals surface area contributed by atoms with E-state index < -0.39 is 0 Å². The topological polar surface area (TPSA) is 44.7 Å². The summed E-state index contributed by atoms with van der Waals surface area (Å²) >= 11 is 0. The molecule has 0 spiro atoms. The average Bonchev–Trinajstić information content (AvgIpc) is 2.89. The molecule has 0 aromatic heterocycles. The first-order valence-corrected chi connectivity index (χ1v) is 10.8. The number of fused-ring (bicyclic) bond motifs is 1. The van der Waals surface area contributed by atoms with E-state index in [2.05, 4.69) is 53.5 Å². The number of carbonyl (C=O) groups is 1. The molecule has 4 fully saturated rings. The van der Waals surface area contributed by atoms with Crippen molar-refractivity contribution in [3.63, 3.8) is 0 Å². The molecule has 1 aromatic carbocycles. The van der Waals surface area contributed by atoms with Gasteiger partial charge in [-0.15, -0.1) is 0 Å². The van der Waals surface area contributed by atoms with E-state index in [1.54, 1.807) is 6.21 Å². The van der Waals surface area contributed by atoms with Gasteiger partial charge in [-0.2, -0.15) is 5.10 Å². The molecule has 4 atom stereocenters. The summed E-state index contributed by atoms with van der Waals surface area (Å²) in [4.78, 5) is 15.3. The van der Waals surface area contributed by atoms with Gasteiger partial charge in [-0.3, -0.25) is 4.79 Å². The molecule has 4 aliphatic carbocycles. The molecule has 1 amide bonds. The third-order valence-electron chi connectivity index (χ3n) is 7.24. The monoisotopic (exact) mass is 367 g/mol. The van der Waals surface area contributed by atoms with Crippen molar-refractivity contribution >= 4 is 17.8 Å². The molecule has 5 rings (SSSR count). The fourth-order valence-electron chi connectivity index (χ4n) is 6.11. The predicted octanol–water partition coefficient (Wildman–Crippen LogP) is 4.59. The maximum absolute atomic E-state index is 13.0. The summed E-state index contributed by atoms with van der Waals surface area (Å²) in [5, 5.41) is 4.31. The number of anilines is 1. The van der Waals surface area contributed by atoms with Crippen LogP contribution in [0, 0.1) is 23.2 Å². The van der Waals surface area contributed by atoms with Gasteiger partial charge in [0.05, 0.1) is 11.6 Å². The zero-order chi connectivity index (χ0) is 18.9. The molecule has 0 heterocycles. The first kappa shape index (κ1) is 18.5. The fraction of sp³-hybridized carbons (Fsp3) is 0.652. The van der Waals surface area contributed by atoms with Crippen LogP contribution in [0.1, 0.15) is 64.4 Å². The quantitative estimate of drug-likeness (QED) is 0.590. The molecular formula is C23H33N3O. The van der Waals surface area contributed by atoms with E-state index in [4.69, 9.17) is 0 Å². The zero-order valence-corrected chi connectivity index (χ0v) is 16.8. The molecule has 0 aliphatic heterocycles. The SMILES string of the molecule is CCN(CC)c1ccc(/C=N\NC(=O)C23CC4C[C@@H](CC[C@@H](C4)C2)C3)cc1. The van der Waals surface area contributed by atoms with Crippen molar-refractivity contribution in [3.05, 3.63) is 29.8 Å². The van der Waals surface area contributed by atoms with Crippen molar-refractivity contribution in [1.29, 1.82) is 0 Å². The molecule has 2 unspecified atom stereocenters. The standard InChI is InChI=1S/C23H33N3O/c1-3-26(4-2)21-9-7-17(8-10-21)16-24-25-22(27)23-13-18-5-6-19(14-23)12-20(11-18)15-23/h7-10,16,18-20H,3-6,11-15H2,1-2H3,(H,25,27)/b24-16-/t18-,19+,20?,23?. The first-order chi connectivity index (χ1) is 13.1. The van der Waals surface area contributed by atoms with E-state index in [9.17, 15) is 4.79 Å². The van der Waals surface area contributed by atoms with Crippen molar-refractivity contribution in [2.45, 2.75) is 58.8 Å². The highest BCUT2D eigenvalue weighted by atomic mass is 16.2. The minimum atomic E-state index is -0.142. The van der Waals surface area contributed by atoms with Gasteiger partial charge in [0.1, 0.15) is 0 Å². The third kappa shape index (κ3) is 3.76. The summed E-state index contributed by atoms with van der Waals surface area (Å²) in [6.45, 7) is 6.35. The summed E-state index contributed by atoms with van der Waals surface area (Å²) in [6, 6.07) is 8.39. The van der Waals surface area contributed by atoms with E-state index in [1.807, 2.05) is 0 Å². The fourth-order valence-corrected chi connectivity index (χ4v) is 6.11. The second-order valence-corrected chi connectivity index (χ2v) is 9.00. The maximum atomic E-state index is 13.0. The summed E-state index contributed by atoms with van der Waals surface area (Å²) in [6.07, 6.45) is 10.4. The van der Waals surface area contributed by atoms with Crippen LogP contribution in [-0.4, -0.2) is 25.2 Å². The van der Waals surface area contributed by atoms with Gasteiger partial charge in [0.15, 0.2) is 0 Å². The molecule has 0 radical (unpaired) electrons. The van der Waals surface area contributed by atoms with Crippen molar-refractivity contribution in [2.24, 2.45) is 28.3 Å². The Bertz CT molecular complexity index is 676. The van der Waals surface area contributed by atoms with Crippen molar-refractivity contribution in [3.8, 4) is 0 Å². The molecule has 1 aromatic rings. The highest BCUT2D eigenvalue weighted by Crippen LogP contribution is 2.57. The Morgan fingerprint density at radius 1 is 1.07 bits per heavy atom. The molecule has 4 bridgehead atoms. The molecule has 146 valence electrons. The normalized spacial score (nSPS) is 31.9. The van der Waals surface area contributed by atoms with Crippen LogP contribution in [0.2, 0.25) is 0 Å². The molecule has 4 heteroatoms. The molecule has 0 saturated heterocycles. The summed E-state index contributed by atoms with van der Waals surface area (Å²) in [5.74, 6) is 2.46. The van der Waals surface area contributed by atoms with Crippen LogP contribution in [0.25, 0.3) is 0 Å². The Morgan fingerprint density at radius 3 is 2.26 bits per heavy atom. The second-order valence-electron chi connectivity index (χ2n) is 9.00. The Hall–Kier alpha value is -1.84. The zero-order valence-electron chi connectivity index (χ0n) is 16.8. The Kier molecular flexibility index (Phi) is 5.25. The minimum Gasteiger partial charge on any atom is -0.372 e. The van der Waals surface area contributed by atoms with Gasteiger partial charge in [-0.1, -0.05) is 25.0 Å². The minimum absolute atomic E-state index is 0.142. The predicted molar refractivity (Wildman–Crippen MR) is 111 cm³/mol. The number of benzene rings is 1. The van der Waals surface area contributed by atoms with Gasteiger partial charge in [0.25, 0.3) is 0 Å². The lowest BCUT2D eigenvalue weighted by molar-refractivity contribution is -0.138. The largest absolute Gasteiger partial charge is 0.372 e. The number of carbonyl (C=O) groups excluding carboxylic acids is 1. The van der Waals surface area contributed by atoms with Crippen LogP contribution in [0.4, 0.5) is 5.69 Å². The van der Waals surface area contributed by atoms with Crippen LogP contribution in [0.15, 0.2) is 29.4 Å². The van der Waals surface area contributed by atoms with E-state index in [1.165, 1.54) is 31.4 Å². The number of hydrogen-bond acceptors (Lipinski definition) is 3. The van der Waals surface area contributed by atoms with Crippen LogP contribution in [0.3, 0.4) is 0 Å². The molecule has 4 aliphatic rings. The average molecular weight is 368 g/mol. The second kappa shape index (κ2) is 7.65. The van der Waals surface area contributed by atoms with Crippen LogP contribution in [-0.2, 0) is 4.79 Å². The number of rotatable bonds is 6. The number of nitrogens with zero attached hydrogens (tertiary/aromatic N) is 2. The lowest BCUT2D eigenvalue weighted by Crippen LogP contribution is -2.47. The Morgan fingerprint density at radius 2 is 1.67 bits per heavy atom. The van der Waals surface area contributed by atoms with Gasteiger partial charge in [0, 0.05) is 18.8 Å². The number of hydrazone groups is 1. The van der Waals surface area contributed by atoms with E-state index >= 15 is 0 Å². The molecule has 1 N–H and O–H groups in total. The highest BCUT2D eigenvalue weighted by molar-refractivity contribution is 5.86. The first-order valence-electron chi connectivity index (χ1n) is 10.8. The molecular weight excluding hydrogens is 334 g/mol. The summed E-state index contributed by atoms with van der Waals surface area (Å²) in [7, 11) is 0. The lowest BCUT2D eigenvalue weighted by atomic mass is 9.58. The van der Waals surface area contributed by atoms with E-state index in [0.717, 1.165) is 55.7 Å².